The summed E-state index contributed by atoms with van der Waals surface area (Å²) in [5.74, 6) is 0. The molecule has 0 saturated carbocycles. The lowest BCUT2D eigenvalue weighted by molar-refractivity contribution is -1.05. The predicted molar refractivity (Wildman–Crippen MR) is 82.5 cm³/mol. The molecular formula is C16H35NO2. The van der Waals surface area contributed by atoms with Crippen LogP contribution in [-0.4, -0.2) is 25.0 Å². The Morgan fingerprint density at radius 3 is 1.68 bits per heavy atom. The highest BCUT2D eigenvalue weighted by molar-refractivity contribution is 4.47. The van der Waals surface area contributed by atoms with E-state index in [9.17, 15) is 5.21 Å². The lowest BCUT2D eigenvalue weighted by Crippen LogP contribution is -2.38. The molecule has 0 aromatic heterocycles. The predicted octanol–water partition coefficient (Wildman–Crippen LogP) is 5.19. The molecule has 0 N–H and O–H groups in total. The third-order valence-corrected chi connectivity index (χ3v) is 3.49. The molecule has 0 fully saturated rings. The summed E-state index contributed by atoms with van der Waals surface area (Å²) in [4.78, 5) is 4.72. The Balaban J connectivity index is 3.21. The molecule has 3 heteroatoms. The molecule has 0 radical (unpaired) electrons. The topological polar surface area (TPSA) is 32.3 Å². The number of unbranched alkanes of at least 4 members (excludes halogenated alkanes) is 9. The van der Waals surface area contributed by atoms with Crippen molar-refractivity contribution >= 4 is 0 Å². The van der Waals surface area contributed by atoms with Crippen LogP contribution < -0.4 is 0 Å². The van der Waals surface area contributed by atoms with Crippen LogP contribution in [0.5, 0.6) is 0 Å². The van der Waals surface area contributed by atoms with E-state index < -0.39 is 4.81 Å². The van der Waals surface area contributed by atoms with Gasteiger partial charge in [0, 0.05) is 0 Å². The fraction of sp³-hybridized carbons (Fsp3) is 1.00. The van der Waals surface area contributed by atoms with Crippen molar-refractivity contribution in [3.8, 4) is 0 Å². The summed E-state index contributed by atoms with van der Waals surface area (Å²) < 4.78 is 0. The first-order valence-electron chi connectivity index (χ1n) is 8.33. The van der Waals surface area contributed by atoms with Crippen molar-refractivity contribution in [3.05, 3.63) is 5.21 Å². The van der Waals surface area contributed by atoms with Gasteiger partial charge >= 0.3 is 0 Å². The van der Waals surface area contributed by atoms with Gasteiger partial charge in [-0.25, -0.2) is 9.65 Å². The van der Waals surface area contributed by atoms with Gasteiger partial charge in [0.15, 0.2) is 0 Å². The zero-order valence-corrected chi connectivity index (χ0v) is 13.5. The van der Waals surface area contributed by atoms with Gasteiger partial charge in [0.2, 0.25) is 0 Å². The van der Waals surface area contributed by atoms with Crippen molar-refractivity contribution in [2.24, 2.45) is 0 Å². The van der Waals surface area contributed by atoms with E-state index in [0.29, 0.717) is 13.2 Å². The molecule has 0 aliphatic heterocycles. The van der Waals surface area contributed by atoms with E-state index in [0.717, 1.165) is 12.8 Å². The van der Waals surface area contributed by atoms with Crippen molar-refractivity contribution in [3.63, 3.8) is 0 Å². The average Bonchev–Trinajstić information content (AvgIpc) is 2.38. The first-order valence-corrected chi connectivity index (χ1v) is 8.33. The van der Waals surface area contributed by atoms with Gasteiger partial charge in [0.05, 0.1) is 7.05 Å². The van der Waals surface area contributed by atoms with Crippen LogP contribution >= 0.6 is 0 Å². The second kappa shape index (κ2) is 12.9. The molecule has 0 aromatic carbocycles. The summed E-state index contributed by atoms with van der Waals surface area (Å²) in [6.45, 7) is 5.45. The Morgan fingerprint density at radius 1 is 0.737 bits per heavy atom. The Hall–Kier alpha value is -0.120. The Kier molecular flexibility index (Phi) is 12.8. The average molecular weight is 273 g/mol. The fourth-order valence-electron chi connectivity index (χ4n) is 2.24. The zero-order valence-electron chi connectivity index (χ0n) is 13.5. The van der Waals surface area contributed by atoms with E-state index in [4.69, 9.17) is 4.84 Å². The molecule has 1 atom stereocenters. The van der Waals surface area contributed by atoms with Crippen LogP contribution in [0.2, 0.25) is 0 Å². The highest BCUT2D eigenvalue weighted by atomic mass is 16.9. The molecule has 0 heterocycles. The van der Waals surface area contributed by atoms with E-state index in [2.05, 4.69) is 6.92 Å². The van der Waals surface area contributed by atoms with Gasteiger partial charge in [0.1, 0.15) is 13.2 Å². The second-order valence-electron chi connectivity index (χ2n) is 5.75. The summed E-state index contributed by atoms with van der Waals surface area (Å²) in [6, 6.07) is 0. The number of quaternary nitrogens is 1. The Labute approximate surface area is 120 Å². The van der Waals surface area contributed by atoms with E-state index in [1.807, 2.05) is 6.92 Å². The lowest BCUT2D eigenvalue weighted by atomic mass is 10.1. The minimum atomic E-state index is -0.523. The monoisotopic (exact) mass is 273 g/mol. The summed E-state index contributed by atoms with van der Waals surface area (Å²) in [6.07, 6.45) is 13.9. The van der Waals surface area contributed by atoms with Gasteiger partial charge in [-0.1, -0.05) is 65.2 Å². The van der Waals surface area contributed by atoms with Crippen molar-refractivity contribution in [2.45, 2.75) is 84.5 Å². The first kappa shape index (κ1) is 18.9. The van der Waals surface area contributed by atoms with Crippen LogP contribution in [0.3, 0.4) is 0 Å². The Morgan fingerprint density at radius 2 is 1.21 bits per heavy atom. The van der Waals surface area contributed by atoms with E-state index in [1.54, 1.807) is 7.05 Å². The normalized spacial score (nSPS) is 14.5. The number of hydrogen-bond acceptors (Lipinski definition) is 2. The van der Waals surface area contributed by atoms with E-state index >= 15 is 0 Å². The maximum absolute atomic E-state index is 11.8. The molecule has 0 rings (SSSR count). The van der Waals surface area contributed by atoms with Crippen LogP contribution in [0.25, 0.3) is 0 Å². The molecule has 116 valence electrons. The van der Waals surface area contributed by atoms with Gasteiger partial charge in [-0.15, -0.1) is 0 Å². The number of rotatable bonds is 14. The van der Waals surface area contributed by atoms with Gasteiger partial charge in [0.25, 0.3) is 0 Å². The smallest absolute Gasteiger partial charge is 0.108 e. The summed E-state index contributed by atoms with van der Waals surface area (Å²) in [7, 11) is 1.61. The maximum Gasteiger partial charge on any atom is 0.108 e. The van der Waals surface area contributed by atoms with Crippen molar-refractivity contribution in [2.75, 3.05) is 20.2 Å². The van der Waals surface area contributed by atoms with Crippen LogP contribution in [0.1, 0.15) is 84.5 Å². The van der Waals surface area contributed by atoms with Crippen molar-refractivity contribution in [1.82, 2.24) is 0 Å². The molecule has 0 aliphatic carbocycles. The first-order chi connectivity index (χ1) is 9.12. The third-order valence-electron chi connectivity index (χ3n) is 3.49. The van der Waals surface area contributed by atoms with E-state index in [-0.39, 0.29) is 0 Å². The van der Waals surface area contributed by atoms with Gasteiger partial charge in [-0.3, -0.25) is 0 Å². The maximum atomic E-state index is 11.8. The molecule has 3 nitrogen and oxygen atoms in total. The third kappa shape index (κ3) is 14.1. The van der Waals surface area contributed by atoms with Crippen LogP contribution in [0.4, 0.5) is 0 Å². The summed E-state index contributed by atoms with van der Waals surface area (Å²) in [5.41, 5.74) is 0. The molecular weight excluding hydrogens is 238 g/mol. The van der Waals surface area contributed by atoms with Gasteiger partial charge in [-0.05, 0) is 19.3 Å². The SMILES string of the molecule is CCCCCCCCCCCC[N+](C)([O-])OCCC. The second-order valence-corrected chi connectivity index (χ2v) is 5.75. The molecule has 19 heavy (non-hydrogen) atoms. The van der Waals surface area contributed by atoms with Crippen LogP contribution in [-0.2, 0) is 4.84 Å². The van der Waals surface area contributed by atoms with Crippen molar-refractivity contribution < 1.29 is 9.65 Å². The minimum Gasteiger partial charge on any atom is -0.598 e. The minimum absolute atomic E-state index is 0.523. The number of hydrogen-bond donors (Lipinski definition) is 0. The van der Waals surface area contributed by atoms with E-state index in [1.165, 1.54) is 57.8 Å². The molecule has 0 aromatic rings. The lowest BCUT2D eigenvalue weighted by Gasteiger charge is -2.34. The van der Waals surface area contributed by atoms with Crippen LogP contribution in [0, 0.1) is 5.21 Å². The highest BCUT2D eigenvalue weighted by Gasteiger charge is 2.10. The van der Waals surface area contributed by atoms with Crippen molar-refractivity contribution in [1.29, 1.82) is 0 Å². The Bertz CT molecular complexity index is 184. The molecule has 0 aliphatic rings. The largest absolute Gasteiger partial charge is 0.598 e. The highest BCUT2D eigenvalue weighted by Crippen LogP contribution is 2.12. The van der Waals surface area contributed by atoms with Gasteiger partial charge < -0.3 is 5.21 Å². The standard InChI is InChI=1S/C16H35NO2/c1-4-6-7-8-9-10-11-12-13-14-15-17(3,18)19-16-5-2/h4-16H2,1-3H3. The molecule has 0 amide bonds. The molecule has 0 saturated heterocycles. The molecule has 0 bridgehead atoms. The summed E-state index contributed by atoms with van der Waals surface area (Å²) in [5, 5.41) is 11.8. The number of hydroxylamine groups is 4. The van der Waals surface area contributed by atoms with Crippen LogP contribution in [0.15, 0.2) is 0 Å². The summed E-state index contributed by atoms with van der Waals surface area (Å²) >= 11 is 0. The zero-order chi connectivity index (χ0) is 14.4. The fourth-order valence-corrected chi connectivity index (χ4v) is 2.24. The molecule has 0 spiro atoms. The quantitative estimate of drug-likeness (QED) is 0.248. The number of nitrogens with zero attached hydrogens (tertiary/aromatic N) is 1. The molecule has 1 unspecified atom stereocenters. The van der Waals surface area contributed by atoms with Gasteiger partial charge in [-0.2, -0.15) is 0 Å².